The highest BCUT2D eigenvalue weighted by Crippen LogP contribution is 2.27. The van der Waals surface area contributed by atoms with E-state index in [4.69, 9.17) is 4.52 Å². The third-order valence-corrected chi connectivity index (χ3v) is 3.54. The van der Waals surface area contributed by atoms with Gasteiger partial charge in [-0.15, -0.1) is 0 Å². The van der Waals surface area contributed by atoms with Crippen LogP contribution in [0.25, 0.3) is 11.4 Å². The summed E-state index contributed by atoms with van der Waals surface area (Å²) >= 11 is 3.43. The van der Waals surface area contributed by atoms with Crippen LogP contribution in [0.1, 0.15) is 29.6 Å². The van der Waals surface area contributed by atoms with Crippen LogP contribution in [0, 0.1) is 12.7 Å². The molecule has 0 N–H and O–H groups in total. The zero-order chi connectivity index (χ0) is 12.4. The van der Waals surface area contributed by atoms with Gasteiger partial charge >= 0.3 is 0 Å². The van der Waals surface area contributed by atoms with E-state index < -0.39 is 0 Å². The minimum absolute atomic E-state index is 0.0408. The molecule has 0 aliphatic carbocycles. The van der Waals surface area contributed by atoms with Gasteiger partial charge < -0.3 is 4.52 Å². The zero-order valence-electron chi connectivity index (χ0n) is 9.58. The Balaban J connectivity index is 2.33. The molecule has 0 amide bonds. The molecule has 1 aromatic heterocycles. The highest BCUT2D eigenvalue weighted by atomic mass is 79.9. The Kier molecular flexibility index (Phi) is 3.57. The second-order valence-electron chi connectivity index (χ2n) is 3.80. The molecule has 1 heterocycles. The lowest BCUT2D eigenvalue weighted by Gasteiger charge is -1.98. The maximum Gasteiger partial charge on any atom is 0.240 e. The van der Waals surface area contributed by atoms with E-state index in [2.05, 4.69) is 26.1 Å². The van der Waals surface area contributed by atoms with Crippen LogP contribution in [-0.4, -0.2) is 10.1 Å². The third-order valence-electron chi connectivity index (χ3n) is 2.50. The highest BCUT2D eigenvalue weighted by molar-refractivity contribution is 9.09. The monoisotopic (exact) mass is 298 g/mol. The Morgan fingerprint density at radius 2 is 2.24 bits per heavy atom. The fourth-order valence-corrected chi connectivity index (χ4v) is 1.57. The SMILES string of the molecule is CCC(Br)c1nc(-c2ccc(C)c(F)c2)no1. The van der Waals surface area contributed by atoms with Gasteiger partial charge in [0.1, 0.15) is 5.82 Å². The molecule has 0 fully saturated rings. The lowest BCUT2D eigenvalue weighted by atomic mass is 10.1. The number of nitrogens with zero attached hydrogens (tertiary/aromatic N) is 2. The zero-order valence-corrected chi connectivity index (χ0v) is 11.2. The van der Waals surface area contributed by atoms with Crippen molar-refractivity contribution in [1.29, 1.82) is 0 Å². The summed E-state index contributed by atoms with van der Waals surface area (Å²) in [7, 11) is 0. The van der Waals surface area contributed by atoms with E-state index >= 15 is 0 Å². The average Bonchev–Trinajstić information content (AvgIpc) is 2.81. The van der Waals surface area contributed by atoms with Crippen LogP contribution >= 0.6 is 15.9 Å². The van der Waals surface area contributed by atoms with Gasteiger partial charge in [-0.2, -0.15) is 4.98 Å². The van der Waals surface area contributed by atoms with Crippen molar-refractivity contribution in [1.82, 2.24) is 10.1 Å². The van der Waals surface area contributed by atoms with Crippen LogP contribution in [0.4, 0.5) is 4.39 Å². The molecule has 90 valence electrons. The maximum atomic E-state index is 13.4. The van der Waals surface area contributed by atoms with Crippen molar-refractivity contribution in [2.75, 3.05) is 0 Å². The number of hydrogen-bond acceptors (Lipinski definition) is 3. The molecule has 1 unspecified atom stereocenters. The fraction of sp³-hybridized carbons (Fsp3) is 0.333. The molecule has 0 aliphatic rings. The first kappa shape index (κ1) is 12.2. The van der Waals surface area contributed by atoms with Crippen molar-refractivity contribution >= 4 is 15.9 Å². The minimum atomic E-state index is -0.264. The van der Waals surface area contributed by atoms with Gasteiger partial charge in [-0.05, 0) is 25.0 Å². The van der Waals surface area contributed by atoms with Crippen LogP contribution in [0.2, 0.25) is 0 Å². The number of alkyl halides is 1. The van der Waals surface area contributed by atoms with Crippen LogP contribution in [0.3, 0.4) is 0 Å². The van der Waals surface area contributed by atoms with E-state index in [9.17, 15) is 4.39 Å². The fourth-order valence-electron chi connectivity index (χ4n) is 1.39. The van der Waals surface area contributed by atoms with E-state index in [0.29, 0.717) is 22.8 Å². The van der Waals surface area contributed by atoms with E-state index in [0.717, 1.165) is 6.42 Å². The lowest BCUT2D eigenvalue weighted by molar-refractivity contribution is 0.377. The topological polar surface area (TPSA) is 38.9 Å². The molecule has 17 heavy (non-hydrogen) atoms. The summed E-state index contributed by atoms with van der Waals surface area (Å²) in [6, 6.07) is 4.90. The van der Waals surface area contributed by atoms with E-state index in [1.54, 1.807) is 19.1 Å². The summed E-state index contributed by atoms with van der Waals surface area (Å²) in [6.45, 7) is 3.72. The molecule has 5 heteroatoms. The van der Waals surface area contributed by atoms with Crippen LogP contribution in [-0.2, 0) is 0 Å². The average molecular weight is 299 g/mol. The first-order chi connectivity index (χ1) is 8.11. The van der Waals surface area contributed by atoms with Crippen molar-refractivity contribution in [3.05, 3.63) is 35.5 Å². The van der Waals surface area contributed by atoms with Crippen molar-refractivity contribution in [3.63, 3.8) is 0 Å². The van der Waals surface area contributed by atoms with Gasteiger partial charge in [0.05, 0.1) is 4.83 Å². The molecule has 3 nitrogen and oxygen atoms in total. The smallest absolute Gasteiger partial charge is 0.240 e. The molecule has 1 atom stereocenters. The third kappa shape index (κ3) is 2.54. The molecular weight excluding hydrogens is 287 g/mol. The van der Waals surface area contributed by atoms with Gasteiger partial charge in [-0.1, -0.05) is 40.1 Å². The van der Waals surface area contributed by atoms with Crippen LogP contribution in [0.5, 0.6) is 0 Å². The summed E-state index contributed by atoms with van der Waals surface area (Å²) in [4.78, 5) is 4.27. The number of hydrogen-bond donors (Lipinski definition) is 0. The van der Waals surface area contributed by atoms with E-state index in [-0.39, 0.29) is 10.6 Å². The molecule has 0 aliphatic heterocycles. The quantitative estimate of drug-likeness (QED) is 0.803. The molecular formula is C12H12BrFN2O. The van der Waals surface area contributed by atoms with E-state index in [1.165, 1.54) is 6.07 Å². The second kappa shape index (κ2) is 4.96. The Morgan fingerprint density at radius 3 is 2.88 bits per heavy atom. The predicted octanol–water partition coefficient (Wildman–Crippen LogP) is 4.03. The Hall–Kier alpha value is -1.23. The van der Waals surface area contributed by atoms with E-state index in [1.807, 2.05) is 6.92 Å². The van der Waals surface area contributed by atoms with Gasteiger partial charge in [-0.25, -0.2) is 4.39 Å². The van der Waals surface area contributed by atoms with Crippen molar-refractivity contribution < 1.29 is 8.91 Å². The molecule has 0 spiro atoms. The Morgan fingerprint density at radius 1 is 1.47 bits per heavy atom. The number of aromatic nitrogens is 2. The summed E-state index contributed by atoms with van der Waals surface area (Å²) in [5.41, 5.74) is 1.23. The van der Waals surface area contributed by atoms with Crippen molar-refractivity contribution in [2.24, 2.45) is 0 Å². The normalized spacial score (nSPS) is 12.7. The maximum absolute atomic E-state index is 13.4. The summed E-state index contributed by atoms with van der Waals surface area (Å²) < 4.78 is 18.5. The van der Waals surface area contributed by atoms with Crippen molar-refractivity contribution in [3.8, 4) is 11.4 Å². The first-order valence-electron chi connectivity index (χ1n) is 5.36. The summed E-state index contributed by atoms with van der Waals surface area (Å²) in [5, 5.41) is 3.84. The molecule has 2 rings (SSSR count). The first-order valence-corrected chi connectivity index (χ1v) is 6.27. The van der Waals surface area contributed by atoms with Crippen LogP contribution in [0.15, 0.2) is 22.7 Å². The predicted molar refractivity (Wildman–Crippen MR) is 66.4 cm³/mol. The molecule has 0 bridgehead atoms. The molecule has 0 saturated heterocycles. The molecule has 2 aromatic rings. The Labute approximate surface area is 107 Å². The highest BCUT2D eigenvalue weighted by Gasteiger charge is 2.15. The number of benzene rings is 1. The Bertz CT molecular complexity index is 527. The molecule has 0 saturated carbocycles. The van der Waals surface area contributed by atoms with Crippen molar-refractivity contribution in [2.45, 2.75) is 25.1 Å². The largest absolute Gasteiger partial charge is 0.338 e. The molecule has 0 radical (unpaired) electrons. The number of aryl methyl sites for hydroxylation is 1. The number of halogens is 2. The lowest BCUT2D eigenvalue weighted by Crippen LogP contribution is -1.89. The second-order valence-corrected chi connectivity index (χ2v) is 4.90. The van der Waals surface area contributed by atoms with Crippen LogP contribution < -0.4 is 0 Å². The van der Waals surface area contributed by atoms with Gasteiger partial charge in [-0.3, -0.25) is 0 Å². The molecule has 1 aromatic carbocycles. The van der Waals surface area contributed by atoms with Gasteiger partial charge in [0.25, 0.3) is 0 Å². The van der Waals surface area contributed by atoms with Gasteiger partial charge in [0.15, 0.2) is 0 Å². The number of rotatable bonds is 3. The summed E-state index contributed by atoms with van der Waals surface area (Å²) in [6.07, 6.45) is 0.851. The minimum Gasteiger partial charge on any atom is -0.338 e. The van der Waals surface area contributed by atoms with Gasteiger partial charge in [0.2, 0.25) is 11.7 Å². The van der Waals surface area contributed by atoms with Gasteiger partial charge in [0, 0.05) is 5.56 Å². The standard InChI is InChI=1S/C12H12BrFN2O/c1-3-9(13)12-15-11(16-17-12)8-5-4-7(2)10(14)6-8/h4-6,9H,3H2,1-2H3. The summed E-state index contributed by atoms with van der Waals surface area (Å²) in [5.74, 6) is 0.667.